The van der Waals surface area contributed by atoms with Crippen molar-refractivity contribution in [1.29, 1.82) is 0 Å². The average molecular weight is 507 g/mol. The summed E-state index contributed by atoms with van der Waals surface area (Å²) >= 11 is 6.39. The van der Waals surface area contributed by atoms with Crippen LogP contribution in [0.25, 0.3) is 0 Å². The molecule has 192 valence electrons. The molecule has 1 aromatic carbocycles. The summed E-state index contributed by atoms with van der Waals surface area (Å²) in [6.45, 7) is 9.15. The van der Waals surface area contributed by atoms with Gasteiger partial charge in [0.15, 0.2) is 0 Å². The molecule has 3 aliphatic heterocycles. The molecule has 1 spiro atoms. The standard InChI is InChI=1S/C26H35ClN2O6/c1-6-25-11-12-26(35-25)18(19(25)24(33)34-7-2)23(32)29(17(13-30)14(3)4)21(26)22(31)28-20-15(5)9-8-10-16(20)27/h8-10,14,17-19,21,30H,6-7,11-13H2,1-5H3,(H,28,31)/t17-,18-,19-,21?,25+,26?/m0/s1. The quantitative estimate of drug-likeness (QED) is 0.524. The molecular formula is C26H35ClN2O6. The minimum absolute atomic E-state index is 0.130. The van der Waals surface area contributed by atoms with Crippen LogP contribution in [0.5, 0.6) is 0 Å². The molecule has 9 heteroatoms. The number of aryl methyl sites for hydroxylation is 1. The molecule has 2 bridgehead atoms. The molecule has 1 aromatic rings. The number of hydrogen-bond acceptors (Lipinski definition) is 6. The van der Waals surface area contributed by atoms with Crippen LogP contribution in [-0.2, 0) is 23.9 Å². The van der Waals surface area contributed by atoms with Gasteiger partial charge in [-0.25, -0.2) is 0 Å². The maximum atomic E-state index is 14.1. The van der Waals surface area contributed by atoms with E-state index in [9.17, 15) is 19.5 Å². The molecule has 6 atom stereocenters. The predicted octanol–water partition coefficient (Wildman–Crippen LogP) is 3.32. The zero-order chi connectivity index (χ0) is 25.7. The smallest absolute Gasteiger partial charge is 0.312 e. The number of ether oxygens (including phenoxy) is 2. The van der Waals surface area contributed by atoms with Gasteiger partial charge < -0.3 is 24.8 Å². The number of amides is 2. The number of hydrogen-bond donors (Lipinski definition) is 2. The van der Waals surface area contributed by atoms with Crippen molar-refractivity contribution in [2.24, 2.45) is 17.8 Å². The van der Waals surface area contributed by atoms with Crippen LogP contribution in [0.4, 0.5) is 5.69 Å². The molecule has 2 unspecified atom stereocenters. The lowest BCUT2D eigenvalue weighted by Crippen LogP contribution is -2.57. The Morgan fingerprint density at radius 1 is 1.31 bits per heavy atom. The zero-order valence-electron chi connectivity index (χ0n) is 21.0. The Morgan fingerprint density at radius 3 is 2.60 bits per heavy atom. The molecule has 0 radical (unpaired) electrons. The van der Waals surface area contributed by atoms with Crippen LogP contribution in [0.2, 0.25) is 5.02 Å². The van der Waals surface area contributed by atoms with Crippen molar-refractivity contribution >= 4 is 35.1 Å². The van der Waals surface area contributed by atoms with Crippen LogP contribution in [0.1, 0.15) is 52.5 Å². The first-order valence-electron chi connectivity index (χ1n) is 12.4. The van der Waals surface area contributed by atoms with Crippen molar-refractivity contribution in [2.45, 2.75) is 77.2 Å². The number of nitrogens with zero attached hydrogens (tertiary/aromatic N) is 1. The zero-order valence-corrected chi connectivity index (χ0v) is 21.7. The molecule has 0 aromatic heterocycles. The highest BCUT2D eigenvalue weighted by molar-refractivity contribution is 6.34. The maximum absolute atomic E-state index is 14.1. The molecule has 3 heterocycles. The van der Waals surface area contributed by atoms with E-state index >= 15 is 0 Å². The Bertz CT molecular complexity index is 1010. The largest absolute Gasteiger partial charge is 0.466 e. The molecule has 3 fully saturated rings. The number of nitrogens with one attached hydrogen (secondary N) is 1. The van der Waals surface area contributed by atoms with E-state index in [1.807, 2.05) is 33.8 Å². The third-order valence-electron chi connectivity index (χ3n) is 8.19. The molecule has 8 nitrogen and oxygen atoms in total. The summed E-state index contributed by atoms with van der Waals surface area (Å²) in [6.07, 6.45) is 1.53. The average Bonchev–Trinajstić information content (AvgIpc) is 3.41. The van der Waals surface area contributed by atoms with Crippen molar-refractivity contribution in [2.75, 3.05) is 18.5 Å². The van der Waals surface area contributed by atoms with Crippen molar-refractivity contribution in [1.82, 2.24) is 4.90 Å². The lowest BCUT2D eigenvalue weighted by Gasteiger charge is -2.38. The molecule has 0 aliphatic carbocycles. The number of likely N-dealkylation sites (tertiary alicyclic amines) is 1. The van der Waals surface area contributed by atoms with Gasteiger partial charge in [0.1, 0.15) is 17.6 Å². The Morgan fingerprint density at radius 2 is 2.03 bits per heavy atom. The number of carbonyl (C=O) groups is 3. The summed E-state index contributed by atoms with van der Waals surface area (Å²) in [7, 11) is 0. The number of rotatable bonds is 8. The number of halogens is 1. The van der Waals surface area contributed by atoms with E-state index in [1.165, 1.54) is 4.90 Å². The fraction of sp³-hybridized carbons (Fsp3) is 0.654. The summed E-state index contributed by atoms with van der Waals surface area (Å²) in [6, 6.07) is 3.68. The highest BCUT2D eigenvalue weighted by Gasteiger charge is 2.79. The van der Waals surface area contributed by atoms with Gasteiger partial charge >= 0.3 is 5.97 Å². The Hall–Kier alpha value is -2.16. The van der Waals surface area contributed by atoms with Gasteiger partial charge in [0.25, 0.3) is 0 Å². The van der Waals surface area contributed by atoms with Gasteiger partial charge in [-0.15, -0.1) is 0 Å². The van der Waals surface area contributed by atoms with Gasteiger partial charge in [-0.1, -0.05) is 44.5 Å². The van der Waals surface area contributed by atoms with Crippen LogP contribution >= 0.6 is 11.6 Å². The molecule has 3 saturated heterocycles. The first-order chi connectivity index (χ1) is 16.6. The number of fused-ring (bicyclic) bond motifs is 1. The van der Waals surface area contributed by atoms with Gasteiger partial charge in [-0.2, -0.15) is 0 Å². The van der Waals surface area contributed by atoms with E-state index in [1.54, 1.807) is 19.1 Å². The number of carbonyl (C=O) groups excluding carboxylic acids is 3. The normalized spacial score (nSPS) is 32.2. The van der Waals surface area contributed by atoms with Crippen LogP contribution in [0, 0.1) is 24.7 Å². The molecule has 35 heavy (non-hydrogen) atoms. The highest BCUT2D eigenvalue weighted by Crippen LogP contribution is 2.65. The predicted molar refractivity (Wildman–Crippen MR) is 131 cm³/mol. The summed E-state index contributed by atoms with van der Waals surface area (Å²) in [5.74, 6) is -3.04. The second kappa shape index (κ2) is 9.37. The van der Waals surface area contributed by atoms with Crippen molar-refractivity contribution in [3.63, 3.8) is 0 Å². The summed E-state index contributed by atoms with van der Waals surface area (Å²) in [4.78, 5) is 42.7. The van der Waals surface area contributed by atoms with Crippen LogP contribution in [0.15, 0.2) is 18.2 Å². The number of aliphatic hydroxyl groups is 1. The summed E-state index contributed by atoms with van der Waals surface area (Å²) in [5, 5.41) is 13.6. The van der Waals surface area contributed by atoms with Gasteiger partial charge in [0.2, 0.25) is 11.8 Å². The SMILES string of the molecule is CCOC(=O)[C@@H]1[C@H]2C(=O)N([C@@H](CO)C(C)C)C(C(=O)Nc3c(C)cccc3Cl)C23CC[C@@]1(CC)O3. The third-order valence-corrected chi connectivity index (χ3v) is 8.51. The number of esters is 1. The Balaban J connectivity index is 1.83. The number of anilines is 1. The molecule has 2 N–H and O–H groups in total. The maximum Gasteiger partial charge on any atom is 0.312 e. The van der Waals surface area contributed by atoms with Crippen LogP contribution in [-0.4, -0.2) is 64.3 Å². The molecule has 4 rings (SSSR count). The second-order valence-electron chi connectivity index (χ2n) is 10.2. The van der Waals surface area contributed by atoms with E-state index in [2.05, 4.69) is 5.32 Å². The van der Waals surface area contributed by atoms with Crippen molar-refractivity contribution in [3.05, 3.63) is 28.8 Å². The van der Waals surface area contributed by atoms with E-state index in [0.717, 1.165) is 5.56 Å². The van der Waals surface area contributed by atoms with E-state index in [4.69, 9.17) is 21.1 Å². The fourth-order valence-corrected chi connectivity index (χ4v) is 6.77. The second-order valence-corrected chi connectivity index (χ2v) is 10.7. The van der Waals surface area contributed by atoms with Crippen molar-refractivity contribution < 1.29 is 29.0 Å². The molecule has 0 saturated carbocycles. The monoisotopic (exact) mass is 506 g/mol. The number of benzene rings is 1. The van der Waals surface area contributed by atoms with Gasteiger partial charge in [0.05, 0.1) is 41.5 Å². The lowest BCUT2D eigenvalue weighted by molar-refractivity contribution is -0.161. The Labute approximate surface area is 211 Å². The van der Waals surface area contributed by atoms with Gasteiger partial charge in [-0.3, -0.25) is 14.4 Å². The van der Waals surface area contributed by atoms with E-state index < -0.39 is 47.0 Å². The molecule has 2 amide bonds. The molecule has 3 aliphatic rings. The third kappa shape index (κ3) is 3.76. The fourth-order valence-electron chi connectivity index (χ4n) is 6.51. The molecular weight excluding hydrogens is 472 g/mol. The lowest BCUT2D eigenvalue weighted by atomic mass is 9.65. The first kappa shape index (κ1) is 25.9. The van der Waals surface area contributed by atoms with E-state index in [-0.39, 0.29) is 25.0 Å². The summed E-state index contributed by atoms with van der Waals surface area (Å²) in [5.41, 5.74) is -0.795. The minimum atomic E-state index is -1.19. The Kier molecular flexibility index (Phi) is 6.94. The number of para-hydroxylation sites is 1. The topological polar surface area (TPSA) is 105 Å². The van der Waals surface area contributed by atoms with E-state index in [0.29, 0.717) is 30.0 Å². The van der Waals surface area contributed by atoms with Crippen molar-refractivity contribution in [3.8, 4) is 0 Å². The van der Waals surface area contributed by atoms with Gasteiger partial charge in [0, 0.05) is 0 Å². The highest BCUT2D eigenvalue weighted by atomic mass is 35.5. The summed E-state index contributed by atoms with van der Waals surface area (Å²) < 4.78 is 12.1. The minimum Gasteiger partial charge on any atom is -0.466 e. The van der Waals surface area contributed by atoms with Crippen LogP contribution < -0.4 is 5.32 Å². The van der Waals surface area contributed by atoms with Crippen LogP contribution in [0.3, 0.4) is 0 Å². The first-order valence-corrected chi connectivity index (χ1v) is 12.8. The van der Waals surface area contributed by atoms with Gasteiger partial charge in [-0.05, 0) is 50.7 Å². The number of aliphatic hydroxyl groups excluding tert-OH is 1.